The number of hydrogen-bond acceptors (Lipinski definition) is 15. The van der Waals surface area contributed by atoms with E-state index in [9.17, 15) is 43.2 Å². The molecule has 0 aromatic carbocycles. The molecule has 91 heavy (non-hydrogen) atoms. The van der Waals surface area contributed by atoms with E-state index in [1.165, 1.54) is 173 Å². The van der Waals surface area contributed by atoms with Gasteiger partial charge >= 0.3 is 39.5 Å². The number of aliphatic hydroxyl groups excluding tert-OH is 1. The molecule has 0 saturated heterocycles. The van der Waals surface area contributed by atoms with Gasteiger partial charge in [-0.05, 0) is 43.4 Å². The molecule has 0 bridgehead atoms. The fourth-order valence-corrected chi connectivity index (χ4v) is 12.4. The van der Waals surface area contributed by atoms with E-state index in [4.69, 9.17) is 37.0 Å². The minimum absolute atomic E-state index is 0.103. The zero-order valence-corrected chi connectivity index (χ0v) is 61.1. The molecule has 0 amide bonds. The van der Waals surface area contributed by atoms with Gasteiger partial charge in [-0.3, -0.25) is 37.3 Å². The Morgan fingerprint density at radius 1 is 0.319 bits per heavy atom. The van der Waals surface area contributed by atoms with Crippen LogP contribution in [0.1, 0.15) is 363 Å². The summed E-state index contributed by atoms with van der Waals surface area (Å²) in [5, 5.41) is 10.6. The van der Waals surface area contributed by atoms with Gasteiger partial charge in [-0.15, -0.1) is 0 Å². The Hall–Kier alpha value is -1.94. The summed E-state index contributed by atoms with van der Waals surface area (Å²) in [5.74, 6) is 0.175. The number of hydrogen-bond donors (Lipinski definition) is 3. The van der Waals surface area contributed by atoms with Gasteiger partial charge in [-0.25, -0.2) is 9.13 Å². The van der Waals surface area contributed by atoms with Gasteiger partial charge in [-0.2, -0.15) is 0 Å². The molecule has 0 heterocycles. The lowest BCUT2D eigenvalue weighted by Crippen LogP contribution is -2.30. The third-order valence-corrected chi connectivity index (χ3v) is 18.9. The van der Waals surface area contributed by atoms with E-state index >= 15 is 0 Å². The third-order valence-electron chi connectivity index (χ3n) is 17.0. The van der Waals surface area contributed by atoms with Crippen molar-refractivity contribution in [3.05, 3.63) is 0 Å². The Kier molecular flexibility index (Phi) is 61.5. The Bertz CT molecular complexity index is 1790. The zero-order chi connectivity index (χ0) is 67.3. The van der Waals surface area contributed by atoms with Crippen LogP contribution in [0.15, 0.2) is 0 Å². The molecule has 0 fully saturated rings. The molecule has 0 aliphatic rings. The van der Waals surface area contributed by atoms with Gasteiger partial charge in [-0.1, -0.05) is 312 Å². The first-order valence-corrected chi connectivity index (χ1v) is 40.4. The van der Waals surface area contributed by atoms with Crippen molar-refractivity contribution < 1.29 is 80.2 Å². The Morgan fingerprint density at radius 2 is 0.560 bits per heavy atom. The highest BCUT2D eigenvalue weighted by molar-refractivity contribution is 7.47. The topological polar surface area (TPSA) is 237 Å². The molecule has 540 valence electrons. The average Bonchev–Trinajstić information content (AvgIpc) is 3.41. The number of phosphoric acid groups is 2. The summed E-state index contributed by atoms with van der Waals surface area (Å²) in [6, 6.07) is 0. The molecule has 0 saturated carbocycles. The molecule has 0 aromatic heterocycles. The molecular weight excluding hydrogens is 1200 g/mol. The maximum atomic E-state index is 13.0. The Balaban J connectivity index is 5.24. The number of ether oxygens (including phenoxy) is 4. The number of rotatable bonds is 70. The lowest BCUT2D eigenvalue weighted by molar-refractivity contribution is -0.161. The van der Waals surface area contributed by atoms with E-state index in [1.54, 1.807) is 0 Å². The fraction of sp³-hybridized carbons (Fsp3) is 0.944. The third kappa shape index (κ3) is 65.1. The van der Waals surface area contributed by atoms with Crippen molar-refractivity contribution in [3.63, 3.8) is 0 Å². The summed E-state index contributed by atoms with van der Waals surface area (Å²) in [5.41, 5.74) is 0. The number of unbranched alkanes of at least 4 members (excludes halogenated alkanes) is 37. The highest BCUT2D eigenvalue weighted by Crippen LogP contribution is 2.45. The lowest BCUT2D eigenvalue weighted by Gasteiger charge is -2.21. The van der Waals surface area contributed by atoms with E-state index in [0.29, 0.717) is 31.6 Å². The van der Waals surface area contributed by atoms with Crippen molar-refractivity contribution in [1.82, 2.24) is 0 Å². The lowest BCUT2D eigenvalue weighted by atomic mass is 9.99. The minimum Gasteiger partial charge on any atom is -0.462 e. The fourth-order valence-electron chi connectivity index (χ4n) is 10.9. The van der Waals surface area contributed by atoms with E-state index in [1.807, 2.05) is 0 Å². The zero-order valence-electron chi connectivity index (χ0n) is 59.3. The average molecular weight is 1340 g/mol. The molecule has 0 aliphatic carbocycles. The Labute approximate surface area is 556 Å². The van der Waals surface area contributed by atoms with Crippen LogP contribution in [-0.2, 0) is 65.4 Å². The molecule has 0 rings (SSSR count). The van der Waals surface area contributed by atoms with Crippen molar-refractivity contribution in [2.24, 2.45) is 17.8 Å². The summed E-state index contributed by atoms with van der Waals surface area (Å²) in [4.78, 5) is 72.6. The molecule has 0 aliphatic heterocycles. The molecule has 3 N–H and O–H groups in total. The number of carbonyl (C=O) groups is 4. The van der Waals surface area contributed by atoms with E-state index < -0.39 is 97.5 Å². The molecule has 19 heteroatoms. The second kappa shape index (κ2) is 62.8. The second-order valence-corrected chi connectivity index (χ2v) is 30.1. The van der Waals surface area contributed by atoms with Gasteiger partial charge in [0.2, 0.25) is 0 Å². The van der Waals surface area contributed by atoms with Gasteiger partial charge in [0.25, 0.3) is 0 Å². The SMILES string of the molecule is CCCCCCCCCCCCC(=O)OC[C@H](COP(=O)(O)OC[C@H](O)COP(=O)(O)OC[C@@H](COC(=O)CCCCCCCCCCCCC(C)CC)OC(=O)CCCCCCCCCCCCCCCCC(C)C)OC(=O)CCCCCCCCCC(C)C. The van der Waals surface area contributed by atoms with Crippen molar-refractivity contribution in [2.45, 2.75) is 381 Å². The van der Waals surface area contributed by atoms with Gasteiger partial charge < -0.3 is 33.8 Å². The summed E-state index contributed by atoms with van der Waals surface area (Å²) in [6.45, 7) is 11.8. The highest BCUT2D eigenvalue weighted by Gasteiger charge is 2.30. The first-order valence-electron chi connectivity index (χ1n) is 37.4. The molecule has 17 nitrogen and oxygen atoms in total. The van der Waals surface area contributed by atoms with Crippen molar-refractivity contribution >= 4 is 39.5 Å². The van der Waals surface area contributed by atoms with Crippen LogP contribution >= 0.6 is 15.6 Å². The number of aliphatic hydroxyl groups is 1. The van der Waals surface area contributed by atoms with Crippen LogP contribution in [0.5, 0.6) is 0 Å². The van der Waals surface area contributed by atoms with Gasteiger partial charge in [0.1, 0.15) is 19.3 Å². The summed E-state index contributed by atoms with van der Waals surface area (Å²) in [7, 11) is -9.90. The normalized spacial score (nSPS) is 14.5. The van der Waals surface area contributed by atoms with Crippen LogP contribution in [0.2, 0.25) is 0 Å². The summed E-state index contributed by atoms with van der Waals surface area (Å²) >= 11 is 0. The van der Waals surface area contributed by atoms with Crippen LogP contribution in [0.3, 0.4) is 0 Å². The van der Waals surface area contributed by atoms with Crippen LogP contribution in [-0.4, -0.2) is 96.7 Å². The standard InChI is InChI=1S/C72H140O17P2/c1-8-10-11-12-13-14-25-32-39-46-53-69(74)82-60-68(89-72(77)56-49-42-35-28-30-37-44-51-64(5)6)62-87-91(80,81)85-58-66(73)57-84-90(78,79)86-61-67(59-83-70(75)54-47-40-33-26-22-21-24-31-38-45-52-65(7)9-2)88-71(76)55-48-41-34-27-20-18-16-15-17-19-23-29-36-43-50-63(3)4/h63-68,73H,8-62H2,1-7H3,(H,78,79)(H,80,81)/t65?,66-,67-,68-/m1/s1. The monoisotopic (exact) mass is 1340 g/mol. The summed E-state index contributed by atoms with van der Waals surface area (Å²) < 4.78 is 68.3. The molecule has 0 aromatic rings. The molecule has 0 radical (unpaired) electrons. The van der Waals surface area contributed by atoms with Crippen LogP contribution in [0.4, 0.5) is 0 Å². The van der Waals surface area contributed by atoms with Crippen molar-refractivity contribution in [1.29, 1.82) is 0 Å². The van der Waals surface area contributed by atoms with Gasteiger partial charge in [0.05, 0.1) is 26.4 Å². The van der Waals surface area contributed by atoms with Crippen molar-refractivity contribution in [3.8, 4) is 0 Å². The summed E-state index contributed by atoms with van der Waals surface area (Å²) in [6.07, 6.45) is 47.2. The quantitative estimate of drug-likeness (QED) is 0.0222. The molecule has 6 atom stereocenters. The van der Waals surface area contributed by atoms with Gasteiger partial charge in [0, 0.05) is 25.7 Å². The first kappa shape index (κ1) is 89.1. The second-order valence-electron chi connectivity index (χ2n) is 27.2. The largest absolute Gasteiger partial charge is 0.472 e. The first-order chi connectivity index (χ1) is 43.8. The molecule has 0 spiro atoms. The highest BCUT2D eigenvalue weighted by atomic mass is 31.2. The number of phosphoric ester groups is 2. The van der Waals surface area contributed by atoms with Crippen molar-refractivity contribution in [2.75, 3.05) is 39.6 Å². The van der Waals surface area contributed by atoms with E-state index in [0.717, 1.165) is 102 Å². The molecule has 3 unspecified atom stereocenters. The number of carbonyl (C=O) groups excluding carboxylic acids is 4. The maximum Gasteiger partial charge on any atom is 0.472 e. The van der Waals surface area contributed by atoms with Crippen LogP contribution in [0.25, 0.3) is 0 Å². The predicted octanol–water partition coefficient (Wildman–Crippen LogP) is 20.6. The Morgan fingerprint density at radius 3 is 0.835 bits per heavy atom. The predicted molar refractivity (Wildman–Crippen MR) is 368 cm³/mol. The van der Waals surface area contributed by atoms with E-state index in [2.05, 4.69) is 48.5 Å². The number of esters is 4. The minimum atomic E-state index is -4.95. The smallest absolute Gasteiger partial charge is 0.462 e. The maximum absolute atomic E-state index is 13.0. The van der Waals surface area contributed by atoms with Gasteiger partial charge in [0.15, 0.2) is 12.2 Å². The molecular formula is C72H140O17P2. The van der Waals surface area contributed by atoms with Crippen LogP contribution in [0, 0.1) is 17.8 Å². The van der Waals surface area contributed by atoms with E-state index in [-0.39, 0.29) is 25.7 Å². The van der Waals surface area contributed by atoms with Crippen LogP contribution < -0.4 is 0 Å².